The summed E-state index contributed by atoms with van der Waals surface area (Å²) in [5.41, 5.74) is 3.94. The first-order valence-corrected chi connectivity index (χ1v) is 9.06. The summed E-state index contributed by atoms with van der Waals surface area (Å²) < 4.78 is 28.6. The molecule has 0 saturated heterocycles. The molecule has 2 aromatic rings. The Labute approximate surface area is 160 Å². The largest absolute Gasteiger partial charge is 0.383 e. The maximum atomic E-state index is 14.2. The molecule has 1 heterocycles. The third-order valence-electron chi connectivity index (χ3n) is 4.17. The number of hydrogen-bond acceptors (Lipinski definition) is 4. The second-order valence-electron chi connectivity index (χ2n) is 6.93. The number of nitrogens with two attached hydrogens (primary N) is 1. The minimum atomic E-state index is -1.05. The number of nitrogen functional groups attached to an aromatic ring is 1. The first-order chi connectivity index (χ1) is 13.2. The van der Waals surface area contributed by atoms with Crippen LogP contribution in [0.3, 0.4) is 0 Å². The predicted molar refractivity (Wildman–Crippen MR) is 104 cm³/mol. The van der Waals surface area contributed by atoms with Gasteiger partial charge in [0, 0.05) is 19.2 Å². The lowest BCUT2D eigenvalue weighted by Gasteiger charge is -2.26. The van der Waals surface area contributed by atoms with E-state index in [0.29, 0.717) is 12.5 Å². The first-order valence-electron chi connectivity index (χ1n) is 9.06. The maximum Gasteiger partial charge on any atom is 0.330 e. The average Bonchev–Trinajstić information content (AvgIpc) is 2.59. The van der Waals surface area contributed by atoms with Crippen LogP contribution in [0.4, 0.5) is 20.3 Å². The first kappa shape index (κ1) is 21.3. The molecule has 7 nitrogen and oxygen atoms in total. The Morgan fingerprint density at radius 1 is 1.29 bits per heavy atom. The van der Waals surface area contributed by atoms with Gasteiger partial charge in [0.05, 0.1) is 5.56 Å². The Morgan fingerprint density at radius 2 is 1.96 bits per heavy atom. The quantitative estimate of drug-likeness (QED) is 0.753. The van der Waals surface area contributed by atoms with E-state index in [1.165, 1.54) is 4.57 Å². The summed E-state index contributed by atoms with van der Waals surface area (Å²) in [5, 5.41) is 0. The van der Waals surface area contributed by atoms with Gasteiger partial charge < -0.3 is 10.6 Å². The van der Waals surface area contributed by atoms with Gasteiger partial charge in [0.25, 0.3) is 11.5 Å². The van der Waals surface area contributed by atoms with Gasteiger partial charge in [-0.05, 0) is 24.5 Å². The fraction of sp³-hybridized carbons (Fsp3) is 0.421. The number of carbonyl (C=O) groups is 1. The van der Waals surface area contributed by atoms with Crippen LogP contribution in [0.15, 0.2) is 27.8 Å². The van der Waals surface area contributed by atoms with E-state index in [1.54, 1.807) is 13.8 Å². The molecule has 0 saturated carbocycles. The number of halogens is 2. The lowest BCUT2D eigenvalue weighted by molar-refractivity contribution is 0.0979. The summed E-state index contributed by atoms with van der Waals surface area (Å²) in [6.07, 6.45) is 1.43. The molecule has 1 amide bonds. The van der Waals surface area contributed by atoms with Crippen molar-refractivity contribution in [3.05, 3.63) is 56.2 Å². The molecule has 3 N–H and O–H groups in total. The fourth-order valence-corrected chi connectivity index (χ4v) is 2.83. The van der Waals surface area contributed by atoms with Crippen LogP contribution in [-0.2, 0) is 6.54 Å². The van der Waals surface area contributed by atoms with Crippen LogP contribution in [0.1, 0.15) is 44.0 Å². The molecule has 2 rings (SSSR count). The second kappa shape index (κ2) is 8.81. The smallest absolute Gasteiger partial charge is 0.330 e. The Hall–Kier alpha value is -2.97. The van der Waals surface area contributed by atoms with Crippen molar-refractivity contribution in [3.63, 3.8) is 0 Å². The van der Waals surface area contributed by atoms with Gasteiger partial charge in [0.1, 0.15) is 17.5 Å². The zero-order chi connectivity index (χ0) is 21.0. The molecule has 1 aromatic carbocycles. The molecule has 0 fully saturated rings. The minimum absolute atomic E-state index is 0.0505. The van der Waals surface area contributed by atoms with E-state index in [9.17, 15) is 23.2 Å². The molecule has 28 heavy (non-hydrogen) atoms. The van der Waals surface area contributed by atoms with Crippen LogP contribution in [0.5, 0.6) is 0 Å². The number of carbonyl (C=O) groups excluding carboxylic acids is 1. The summed E-state index contributed by atoms with van der Waals surface area (Å²) in [5.74, 6) is -2.98. The number of nitrogens with one attached hydrogen (secondary N) is 1. The highest BCUT2D eigenvalue weighted by Crippen LogP contribution is 2.22. The number of aromatic amines is 1. The van der Waals surface area contributed by atoms with Crippen molar-refractivity contribution in [2.45, 2.75) is 40.2 Å². The summed E-state index contributed by atoms with van der Waals surface area (Å²) in [7, 11) is 0. The van der Waals surface area contributed by atoms with Gasteiger partial charge in [-0.1, -0.05) is 27.2 Å². The van der Waals surface area contributed by atoms with Crippen molar-refractivity contribution in [1.82, 2.24) is 9.55 Å². The van der Waals surface area contributed by atoms with Gasteiger partial charge in [0.15, 0.2) is 5.69 Å². The average molecular weight is 394 g/mol. The van der Waals surface area contributed by atoms with Crippen molar-refractivity contribution in [2.75, 3.05) is 17.2 Å². The Morgan fingerprint density at radius 3 is 2.54 bits per heavy atom. The molecule has 0 aliphatic heterocycles. The topological polar surface area (TPSA) is 101 Å². The fourth-order valence-electron chi connectivity index (χ4n) is 2.83. The third kappa shape index (κ3) is 4.47. The maximum absolute atomic E-state index is 14.2. The van der Waals surface area contributed by atoms with E-state index in [4.69, 9.17) is 5.73 Å². The molecular weight excluding hydrogens is 370 g/mol. The Bertz CT molecular complexity index is 982. The number of nitrogens with zero attached hydrogens (tertiary/aromatic N) is 2. The number of amides is 1. The van der Waals surface area contributed by atoms with Crippen LogP contribution in [0.2, 0.25) is 0 Å². The van der Waals surface area contributed by atoms with Crippen molar-refractivity contribution < 1.29 is 13.6 Å². The monoisotopic (exact) mass is 394 g/mol. The van der Waals surface area contributed by atoms with E-state index in [0.717, 1.165) is 23.5 Å². The number of benzene rings is 1. The number of rotatable bonds is 7. The summed E-state index contributed by atoms with van der Waals surface area (Å²) >= 11 is 0. The molecule has 152 valence electrons. The molecule has 0 unspecified atom stereocenters. The van der Waals surface area contributed by atoms with Crippen LogP contribution in [0.25, 0.3) is 0 Å². The van der Waals surface area contributed by atoms with Gasteiger partial charge in [-0.15, -0.1) is 0 Å². The molecule has 9 heteroatoms. The molecule has 1 aromatic heterocycles. The highest BCUT2D eigenvalue weighted by Gasteiger charge is 2.27. The van der Waals surface area contributed by atoms with Gasteiger partial charge in [0.2, 0.25) is 0 Å². The van der Waals surface area contributed by atoms with Crippen LogP contribution in [0, 0.1) is 17.6 Å². The van der Waals surface area contributed by atoms with Gasteiger partial charge in [-0.3, -0.25) is 19.1 Å². The normalized spacial score (nSPS) is 11.1. The van der Waals surface area contributed by atoms with Crippen LogP contribution < -0.4 is 21.9 Å². The standard InChI is InChI=1S/C19H24F2N4O3/c1-4-5-8-24-16(22)15(17(26)23-19(24)28)25(10-11(2)3)18(27)13-7-6-12(20)9-14(13)21/h6-7,9,11H,4-5,8,10,22H2,1-3H3,(H,23,26,28). The lowest BCUT2D eigenvalue weighted by atomic mass is 10.1. The number of anilines is 2. The van der Waals surface area contributed by atoms with E-state index in [-0.39, 0.29) is 30.5 Å². The highest BCUT2D eigenvalue weighted by atomic mass is 19.1. The number of hydrogen-bond donors (Lipinski definition) is 2. The Kier molecular flexibility index (Phi) is 6.71. The molecule has 0 atom stereocenters. The van der Waals surface area contributed by atoms with Gasteiger partial charge >= 0.3 is 5.69 Å². The minimum Gasteiger partial charge on any atom is -0.383 e. The number of aromatic nitrogens is 2. The van der Waals surface area contributed by atoms with E-state index >= 15 is 0 Å². The van der Waals surface area contributed by atoms with Gasteiger partial charge in [-0.2, -0.15) is 0 Å². The predicted octanol–water partition coefficient (Wildman–Crippen LogP) is 2.50. The summed E-state index contributed by atoms with van der Waals surface area (Å²) in [4.78, 5) is 40.8. The Balaban J connectivity index is 2.64. The van der Waals surface area contributed by atoms with Crippen molar-refractivity contribution >= 4 is 17.4 Å². The zero-order valence-corrected chi connectivity index (χ0v) is 16.1. The second-order valence-corrected chi connectivity index (χ2v) is 6.93. The molecular formula is C19H24F2N4O3. The van der Waals surface area contributed by atoms with E-state index < -0.39 is 34.4 Å². The van der Waals surface area contributed by atoms with Crippen LogP contribution in [-0.4, -0.2) is 22.0 Å². The molecule has 0 bridgehead atoms. The van der Waals surface area contributed by atoms with Crippen molar-refractivity contribution in [2.24, 2.45) is 5.92 Å². The molecule has 0 radical (unpaired) electrons. The summed E-state index contributed by atoms with van der Waals surface area (Å²) in [6.45, 7) is 5.85. The zero-order valence-electron chi connectivity index (χ0n) is 16.1. The molecule has 0 spiro atoms. The number of H-pyrrole nitrogens is 1. The SMILES string of the molecule is CCCCn1c(N)c(N(CC(C)C)C(=O)c2ccc(F)cc2F)c(=O)[nH]c1=O. The lowest BCUT2D eigenvalue weighted by Crippen LogP contribution is -2.43. The van der Waals surface area contributed by atoms with E-state index in [2.05, 4.69) is 4.98 Å². The molecule has 0 aliphatic carbocycles. The van der Waals surface area contributed by atoms with Crippen molar-refractivity contribution in [3.8, 4) is 0 Å². The number of unbranched alkanes of at least 4 members (excludes halogenated alkanes) is 1. The van der Waals surface area contributed by atoms with Crippen molar-refractivity contribution in [1.29, 1.82) is 0 Å². The third-order valence-corrected chi connectivity index (χ3v) is 4.17. The van der Waals surface area contributed by atoms with Crippen LogP contribution >= 0.6 is 0 Å². The summed E-state index contributed by atoms with van der Waals surface area (Å²) in [6, 6.07) is 2.56. The molecule has 0 aliphatic rings. The van der Waals surface area contributed by atoms with E-state index in [1.807, 2.05) is 6.92 Å². The van der Waals surface area contributed by atoms with Gasteiger partial charge in [-0.25, -0.2) is 13.6 Å². The highest BCUT2D eigenvalue weighted by molar-refractivity contribution is 6.07.